The SMILES string of the molecule is CC[C@]1(C)C[C@@H]2CSC(N)=N[C@]2(c2nc(NC(=O)c3ccc(OC(F)F)cn3)cs2)CO1. The molecule has 4 rings (SSSR count). The van der Waals surface area contributed by atoms with E-state index < -0.39 is 18.1 Å². The van der Waals surface area contributed by atoms with Gasteiger partial charge in [-0.1, -0.05) is 18.7 Å². The van der Waals surface area contributed by atoms with Crippen LogP contribution in [0.3, 0.4) is 0 Å². The van der Waals surface area contributed by atoms with Crippen LogP contribution in [-0.4, -0.2) is 45.6 Å². The topological polar surface area (TPSA) is 112 Å². The number of anilines is 1. The van der Waals surface area contributed by atoms with Crippen molar-refractivity contribution in [1.29, 1.82) is 0 Å². The third-order valence-electron chi connectivity index (χ3n) is 5.79. The number of aromatic nitrogens is 2. The summed E-state index contributed by atoms with van der Waals surface area (Å²) in [6, 6.07) is 2.56. The Bertz CT molecular complexity index is 1020. The summed E-state index contributed by atoms with van der Waals surface area (Å²) < 4.78 is 35.0. The van der Waals surface area contributed by atoms with E-state index in [0.29, 0.717) is 17.6 Å². The van der Waals surface area contributed by atoms with Gasteiger partial charge in [0, 0.05) is 17.1 Å². The maximum Gasteiger partial charge on any atom is 0.387 e. The van der Waals surface area contributed by atoms with Crippen LogP contribution < -0.4 is 15.8 Å². The van der Waals surface area contributed by atoms with Crippen LogP contribution in [-0.2, 0) is 10.3 Å². The standard InChI is InChI=1S/C20H23F2N5O3S2/c1-3-19(2)6-11-8-32-18(23)27-20(11,10-29-19)16-26-14(9-31-16)25-15(28)13-5-4-12(7-24-13)30-17(21)22/h4-5,7,9,11,17H,3,6,8,10H2,1-2H3,(H2,23,27)(H,25,28)/t11-,19-,20-/m1/s1. The number of hydrogen-bond donors (Lipinski definition) is 2. The lowest BCUT2D eigenvalue weighted by atomic mass is 9.75. The molecule has 2 aromatic heterocycles. The van der Waals surface area contributed by atoms with E-state index >= 15 is 0 Å². The number of fused-ring (bicyclic) bond motifs is 1. The Labute approximate surface area is 192 Å². The lowest BCUT2D eigenvalue weighted by molar-refractivity contribution is -0.122. The summed E-state index contributed by atoms with van der Waals surface area (Å²) in [5.74, 6) is 0.748. The average molecular weight is 484 g/mol. The Morgan fingerprint density at radius 2 is 2.28 bits per heavy atom. The number of carbonyl (C=O) groups is 1. The predicted octanol–water partition coefficient (Wildman–Crippen LogP) is 3.85. The highest BCUT2D eigenvalue weighted by atomic mass is 32.2. The molecule has 0 aliphatic carbocycles. The van der Waals surface area contributed by atoms with E-state index in [2.05, 4.69) is 33.9 Å². The number of hydrogen-bond acceptors (Lipinski definition) is 9. The van der Waals surface area contributed by atoms with E-state index in [9.17, 15) is 13.6 Å². The number of amidine groups is 1. The number of nitrogens with two attached hydrogens (primary N) is 1. The summed E-state index contributed by atoms with van der Waals surface area (Å²) in [5.41, 5.74) is 5.23. The number of alkyl halides is 2. The summed E-state index contributed by atoms with van der Waals surface area (Å²) in [6.45, 7) is 1.64. The van der Waals surface area contributed by atoms with Gasteiger partial charge in [-0.25, -0.2) is 15.0 Å². The highest BCUT2D eigenvalue weighted by molar-refractivity contribution is 8.13. The number of ether oxygens (including phenoxy) is 2. The van der Waals surface area contributed by atoms with Gasteiger partial charge in [-0.2, -0.15) is 8.78 Å². The first-order valence-electron chi connectivity index (χ1n) is 10.0. The zero-order chi connectivity index (χ0) is 22.9. The van der Waals surface area contributed by atoms with Crippen molar-refractivity contribution in [3.05, 3.63) is 34.4 Å². The third kappa shape index (κ3) is 4.57. The fourth-order valence-corrected chi connectivity index (χ4v) is 5.77. The second-order valence-electron chi connectivity index (χ2n) is 7.93. The minimum atomic E-state index is -2.96. The Morgan fingerprint density at radius 1 is 1.47 bits per heavy atom. The summed E-state index contributed by atoms with van der Waals surface area (Å²) in [7, 11) is 0. The maximum absolute atomic E-state index is 12.5. The molecule has 2 aliphatic heterocycles. The molecule has 0 spiro atoms. The van der Waals surface area contributed by atoms with Gasteiger partial charge in [0.05, 0.1) is 18.4 Å². The van der Waals surface area contributed by atoms with E-state index in [1.54, 1.807) is 17.1 Å². The number of pyridine rings is 1. The molecule has 0 bridgehead atoms. The number of nitrogens with one attached hydrogen (secondary N) is 1. The molecule has 32 heavy (non-hydrogen) atoms. The molecule has 172 valence electrons. The molecule has 0 unspecified atom stereocenters. The Kier molecular flexibility index (Phi) is 6.37. The lowest BCUT2D eigenvalue weighted by Gasteiger charge is -2.48. The van der Waals surface area contributed by atoms with Crippen LogP contribution in [0.25, 0.3) is 0 Å². The number of thiazole rings is 1. The number of halogens is 2. The molecule has 1 amide bonds. The predicted molar refractivity (Wildman–Crippen MR) is 119 cm³/mol. The van der Waals surface area contributed by atoms with Gasteiger partial charge in [0.1, 0.15) is 27.8 Å². The quantitative estimate of drug-likeness (QED) is 0.642. The van der Waals surface area contributed by atoms with Crippen LogP contribution in [0.5, 0.6) is 5.75 Å². The van der Waals surface area contributed by atoms with E-state index in [4.69, 9.17) is 15.5 Å². The fraction of sp³-hybridized carbons (Fsp3) is 0.500. The van der Waals surface area contributed by atoms with Crippen molar-refractivity contribution in [1.82, 2.24) is 9.97 Å². The molecule has 2 aliphatic rings. The summed E-state index contributed by atoms with van der Waals surface area (Å²) in [4.78, 5) is 25.8. The molecule has 3 N–H and O–H groups in total. The van der Waals surface area contributed by atoms with Crippen LogP contribution in [0.15, 0.2) is 28.7 Å². The minimum absolute atomic E-state index is 0.0493. The number of rotatable bonds is 6. The van der Waals surface area contributed by atoms with Gasteiger partial charge in [-0.05, 0) is 31.9 Å². The van der Waals surface area contributed by atoms with Crippen molar-refractivity contribution in [2.75, 3.05) is 17.7 Å². The van der Waals surface area contributed by atoms with Gasteiger partial charge in [0.2, 0.25) is 0 Å². The molecule has 0 saturated carbocycles. The first-order valence-corrected chi connectivity index (χ1v) is 11.9. The molecule has 0 radical (unpaired) electrons. The molecule has 1 saturated heterocycles. The van der Waals surface area contributed by atoms with Crippen LogP contribution in [0.2, 0.25) is 0 Å². The van der Waals surface area contributed by atoms with Crippen molar-refractivity contribution >= 4 is 40.0 Å². The van der Waals surface area contributed by atoms with Gasteiger partial charge in [-0.15, -0.1) is 11.3 Å². The van der Waals surface area contributed by atoms with Crippen molar-refractivity contribution in [3.8, 4) is 5.75 Å². The van der Waals surface area contributed by atoms with Crippen molar-refractivity contribution in [3.63, 3.8) is 0 Å². The summed E-state index contributed by atoms with van der Waals surface area (Å²) in [6.07, 6.45) is 2.81. The lowest BCUT2D eigenvalue weighted by Crippen LogP contribution is -2.53. The highest BCUT2D eigenvalue weighted by Gasteiger charge is 2.52. The molecule has 0 aromatic carbocycles. The first-order chi connectivity index (χ1) is 15.2. The van der Waals surface area contributed by atoms with Crippen molar-refractivity contribution < 1.29 is 23.0 Å². The summed E-state index contributed by atoms with van der Waals surface area (Å²) >= 11 is 2.93. The largest absolute Gasteiger partial charge is 0.433 e. The molecular formula is C20H23F2N5O3S2. The molecular weight excluding hydrogens is 460 g/mol. The number of nitrogens with zero attached hydrogens (tertiary/aromatic N) is 3. The molecule has 4 heterocycles. The van der Waals surface area contributed by atoms with E-state index in [1.807, 2.05) is 0 Å². The van der Waals surface area contributed by atoms with Crippen LogP contribution >= 0.6 is 23.1 Å². The zero-order valence-electron chi connectivity index (χ0n) is 17.5. The Morgan fingerprint density at radius 3 is 2.97 bits per heavy atom. The van der Waals surface area contributed by atoms with Gasteiger partial charge in [0.15, 0.2) is 5.17 Å². The van der Waals surface area contributed by atoms with Crippen LogP contribution in [0.4, 0.5) is 14.6 Å². The van der Waals surface area contributed by atoms with Crippen LogP contribution in [0.1, 0.15) is 42.2 Å². The fourth-order valence-electron chi connectivity index (χ4n) is 3.81. The zero-order valence-corrected chi connectivity index (χ0v) is 19.1. The van der Waals surface area contributed by atoms with E-state index in [-0.39, 0.29) is 23.0 Å². The van der Waals surface area contributed by atoms with Gasteiger partial charge >= 0.3 is 6.61 Å². The molecule has 8 nitrogen and oxygen atoms in total. The molecule has 2 aromatic rings. The van der Waals surface area contributed by atoms with E-state index in [1.165, 1.54) is 23.5 Å². The average Bonchev–Trinajstić information content (AvgIpc) is 3.23. The van der Waals surface area contributed by atoms with E-state index in [0.717, 1.165) is 29.8 Å². The maximum atomic E-state index is 12.5. The number of aliphatic imine (C=N–C) groups is 1. The summed E-state index contributed by atoms with van der Waals surface area (Å²) in [5, 5.41) is 5.65. The number of amides is 1. The third-order valence-corrected chi connectivity index (χ3v) is 7.76. The number of thioether (sulfide) groups is 1. The van der Waals surface area contributed by atoms with Gasteiger partial charge < -0.3 is 20.5 Å². The second-order valence-corrected chi connectivity index (χ2v) is 9.83. The molecule has 3 atom stereocenters. The minimum Gasteiger partial charge on any atom is -0.433 e. The number of carbonyl (C=O) groups excluding carboxylic acids is 1. The van der Waals surface area contributed by atoms with Gasteiger partial charge in [-0.3, -0.25) is 4.79 Å². The van der Waals surface area contributed by atoms with Crippen molar-refractivity contribution in [2.45, 2.75) is 44.4 Å². The van der Waals surface area contributed by atoms with Crippen molar-refractivity contribution in [2.24, 2.45) is 16.6 Å². The molecule has 1 fully saturated rings. The Hall–Kier alpha value is -2.31. The first kappa shape index (κ1) is 22.9. The molecule has 12 heteroatoms. The second kappa shape index (κ2) is 8.91. The van der Waals surface area contributed by atoms with Crippen LogP contribution in [0, 0.1) is 5.92 Å². The smallest absolute Gasteiger partial charge is 0.387 e. The highest BCUT2D eigenvalue weighted by Crippen LogP contribution is 2.50. The Balaban J connectivity index is 1.52. The monoisotopic (exact) mass is 483 g/mol. The normalized spacial score (nSPS) is 27.5. The van der Waals surface area contributed by atoms with Gasteiger partial charge in [0.25, 0.3) is 5.91 Å².